The maximum Gasteiger partial charge on any atom is 0.337 e. The summed E-state index contributed by atoms with van der Waals surface area (Å²) in [5, 5.41) is 7.14. The molecule has 1 aromatic heterocycles. The summed E-state index contributed by atoms with van der Waals surface area (Å²) in [7, 11) is 1.36. The van der Waals surface area contributed by atoms with Gasteiger partial charge in [-0.15, -0.1) is 0 Å². The maximum atomic E-state index is 11.5. The van der Waals surface area contributed by atoms with Gasteiger partial charge in [0, 0.05) is 22.5 Å². The first-order valence-electron chi connectivity index (χ1n) is 8.29. The van der Waals surface area contributed by atoms with Crippen LogP contribution in [0.2, 0.25) is 5.02 Å². The summed E-state index contributed by atoms with van der Waals surface area (Å²) >= 11 is 6.08. The summed E-state index contributed by atoms with van der Waals surface area (Å²) < 4.78 is 4.70. The van der Waals surface area contributed by atoms with Crippen LogP contribution in [0.5, 0.6) is 0 Å². The number of methoxy groups -OCH3 is 1. The first-order chi connectivity index (χ1) is 12.9. The van der Waals surface area contributed by atoms with Crippen molar-refractivity contribution in [3.05, 3.63) is 70.5 Å². The Labute approximate surface area is 162 Å². The molecule has 0 bridgehead atoms. The molecule has 0 spiro atoms. The summed E-state index contributed by atoms with van der Waals surface area (Å²) in [4.78, 5) is 20.3. The monoisotopic (exact) mass is 382 g/mol. The minimum absolute atomic E-state index is 0.372. The van der Waals surface area contributed by atoms with Gasteiger partial charge >= 0.3 is 5.97 Å². The Morgan fingerprint density at radius 3 is 2.30 bits per heavy atom. The second kappa shape index (κ2) is 8.05. The van der Waals surface area contributed by atoms with Gasteiger partial charge < -0.3 is 15.4 Å². The summed E-state index contributed by atoms with van der Waals surface area (Å²) in [6.07, 6.45) is 0. The van der Waals surface area contributed by atoms with Gasteiger partial charge in [0.05, 0.1) is 12.7 Å². The number of anilines is 4. The van der Waals surface area contributed by atoms with E-state index in [0.717, 1.165) is 16.9 Å². The van der Waals surface area contributed by atoms with Gasteiger partial charge in [0.1, 0.15) is 17.5 Å². The molecule has 2 N–H and O–H groups in total. The van der Waals surface area contributed by atoms with Crippen LogP contribution in [0.15, 0.2) is 48.5 Å². The highest BCUT2D eigenvalue weighted by atomic mass is 35.5. The number of rotatable bonds is 5. The molecule has 0 aliphatic carbocycles. The largest absolute Gasteiger partial charge is 0.465 e. The molecule has 0 amide bonds. The van der Waals surface area contributed by atoms with E-state index in [4.69, 9.17) is 16.3 Å². The molecule has 0 aliphatic rings. The fraction of sp³-hybridized carbons (Fsp3) is 0.150. The third kappa shape index (κ3) is 4.74. The number of nitrogens with one attached hydrogen (secondary N) is 2. The minimum atomic E-state index is -0.372. The van der Waals surface area contributed by atoms with E-state index in [2.05, 4.69) is 20.6 Å². The predicted molar refractivity (Wildman–Crippen MR) is 107 cm³/mol. The number of hydrogen-bond donors (Lipinski definition) is 2. The molecule has 6 nitrogen and oxygen atoms in total. The third-order valence-corrected chi connectivity index (χ3v) is 4.11. The maximum absolute atomic E-state index is 11.5. The Morgan fingerprint density at radius 1 is 0.963 bits per heavy atom. The van der Waals surface area contributed by atoms with Gasteiger partial charge in [0.2, 0.25) is 0 Å². The predicted octanol–water partition coefficient (Wildman–Crippen LogP) is 5.02. The van der Waals surface area contributed by atoms with Crippen molar-refractivity contribution in [2.45, 2.75) is 13.8 Å². The van der Waals surface area contributed by atoms with Crippen LogP contribution in [-0.4, -0.2) is 23.0 Å². The number of aryl methyl sites for hydroxylation is 2. The van der Waals surface area contributed by atoms with Crippen LogP contribution in [0, 0.1) is 13.8 Å². The smallest absolute Gasteiger partial charge is 0.337 e. The molecular formula is C20H19ClN4O2. The number of nitrogens with zero attached hydrogens (tertiary/aromatic N) is 2. The lowest BCUT2D eigenvalue weighted by atomic mass is 10.2. The van der Waals surface area contributed by atoms with Crippen LogP contribution in [0.3, 0.4) is 0 Å². The lowest BCUT2D eigenvalue weighted by Crippen LogP contribution is -2.03. The zero-order valence-electron chi connectivity index (χ0n) is 15.2. The van der Waals surface area contributed by atoms with E-state index in [1.165, 1.54) is 7.11 Å². The molecule has 0 radical (unpaired) electrons. The standard InChI is InChI=1S/C20H19ClN4O2/c1-12-4-7-15(21)10-17(12)25-19-11-18(22-13(2)23-19)24-16-8-5-14(6-9-16)20(26)27-3/h4-11H,1-3H3,(H2,22,23,24,25). The number of aromatic nitrogens is 2. The Bertz CT molecular complexity index is 974. The van der Waals surface area contributed by atoms with Crippen molar-refractivity contribution in [3.8, 4) is 0 Å². The number of ether oxygens (including phenoxy) is 1. The number of halogens is 1. The molecule has 0 saturated carbocycles. The van der Waals surface area contributed by atoms with Gasteiger partial charge in [-0.25, -0.2) is 14.8 Å². The molecule has 138 valence electrons. The Hall–Kier alpha value is -3.12. The van der Waals surface area contributed by atoms with E-state index in [1.807, 2.05) is 38.1 Å². The first-order valence-corrected chi connectivity index (χ1v) is 8.66. The fourth-order valence-corrected chi connectivity index (χ4v) is 2.69. The van der Waals surface area contributed by atoms with Gasteiger partial charge in [-0.05, 0) is 55.8 Å². The summed E-state index contributed by atoms with van der Waals surface area (Å²) in [5.41, 5.74) is 3.23. The highest BCUT2D eigenvalue weighted by molar-refractivity contribution is 6.30. The Morgan fingerprint density at radius 2 is 1.63 bits per heavy atom. The molecular weight excluding hydrogens is 364 g/mol. The molecule has 7 heteroatoms. The number of hydrogen-bond acceptors (Lipinski definition) is 6. The summed E-state index contributed by atoms with van der Waals surface area (Å²) in [6, 6.07) is 14.4. The van der Waals surface area contributed by atoms with Crippen LogP contribution in [0.25, 0.3) is 0 Å². The van der Waals surface area contributed by atoms with E-state index in [-0.39, 0.29) is 5.97 Å². The van der Waals surface area contributed by atoms with Crippen molar-refractivity contribution >= 4 is 40.6 Å². The average molecular weight is 383 g/mol. The van der Waals surface area contributed by atoms with Gasteiger partial charge in [0.25, 0.3) is 0 Å². The normalized spacial score (nSPS) is 10.4. The van der Waals surface area contributed by atoms with E-state index < -0.39 is 0 Å². The van der Waals surface area contributed by atoms with Crippen molar-refractivity contribution in [1.82, 2.24) is 9.97 Å². The number of carbonyl (C=O) groups excluding carboxylic acids is 1. The van der Waals surface area contributed by atoms with Crippen molar-refractivity contribution in [2.24, 2.45) is 0 Å². The summed E-state index contributed by atoms with van der Waals surface area (Å²) in [5.74, 6) is 1.54. The van der Waals surface area contributed by atoms with Crippen LogP contribution in [0.4, 0.5) is 23.0 Å². The highest BCUT2D eigenvalue weighted by Crippen LogP contribution is 2.25. The SMILES string of the molecule is COC(=O)c1ccc(Nc2cc(Nc3cc(Cl)ccc3C)nc(C)n2)cc1. The summed E-state index contributed by atoms with van der Waals surface area (Å²) in [6.45, 7) is 3.82. The van der Waals surface area contributed by atoms with Crippen molar-refractivity contribution in [1.29, 1.82) is 0 Å². The Balaban J connectivity index is 1.81. The molecule has 0 saturated heterocycles. The molecule has 1 heterocycles. The molecule has 0 unspecified atom stereocenters. The second-order valence-corrected chi connectivity index (χ2v) is 6.40. The first kappa shape index (κ1) is 18.7. The van der Waals surface area contributed by atoms with Crippen LogP contribution in [-0.2, 0) is 4.74 Å². The van der Waals surface area contributed by atoms with Gasteiger partial charge in [-0.3, -0.25) is 0 Å². The number of carbonyl (C=O) groups is 1. The van der Waals surface area contributed by atoms with E-state index >= 15 is 0 Å². The highest BCUT2D eigenvalue weighted by Gasteiger charge is 2.07. The molecule has 27 heavy (non-hydrogen) atoms. The van der Waals surface area contributed by atoms with E-state index in [0.29, 0.717) is 28.0 Å². The zero-order valence-corrected chi connectivity index (χ0v) is 16.0. The molecule has 0 aliphatic heterocycles. The molecule has 3 rings (SSSR count). The Kier molecular flexibility index (Phi) is 5.57. The topological polar surface area (TPSA) is 76.1 Å². The van der Waals surface area contributed by atoms with Gasteiger partial charge in [0.15, 0.2) is 0 Å². The molecule has 0 atom stereocenters. The van der Waals surface area contributed by atoms with Gasteiger partial charge in [-0.2, -0.15) is 0 Å². The minimum Gasteiger partial charge on any atom is -0.465 e. The second-order valence-electron chi connectivity index (χ2n) is 5.96. The van der Waals surface area contributed by atoms with E-state index in [1.54, 1.807) is 24.3 Å². The van der Waals surface area contributed by atoms with Gasteiger partial charge in [-0.1, -0.05) is 17.7 Å². The molecule has 0 fully saturated rings. The fourth-order valence-electron chi connectivity index (χ4n) is 2.52. The van der Waals surface area contributed by atoms with Crippen molar-refractivity contribution in [2.75, 3.05) is 17.7 Å². The van der Waals surface area contributed by atoms with Crippen LogP contribution in [0.1, 0.15) is 21.7 Å². The zero-order chi connectivity index (χ0) is 19.4. The quantitative estimate of drug-likeness (QED) is 0.603. The third-order valence-electron chi connectivity index (χ3n) is 3.88. The van der Waals surface area contributed by atoms with Crippen molar-refractivity contribution in [3.63, 3.8) is 0 Å². The lowest BCUT2D eigenvalue weighted by Gasteiger charge is -2.12. The van der Waals surface area contributed by atoms with Crippen LogP contribution >= 0.6 is 11.6 Å². The number of benzene rings is 2. The number of esters is 1. The lowest BCUT2D eigenvalue weighted by molar-refractivity contribution is 0.0601. The van der Waals surface area contributed by atoms with Crippen LogP contribution < -0.4 is 10.6 Å². The molecule has 3 aromatic rings. The average Bonchev–Trinajstić information content (AvgIpc) is 2.64. The van der Waals surface area contributed by atoms with Crippen molar-refractivity contribution < 1.29 is 9.53 Å². The van der Waals surface area contributed by atoms with E-state index in [9.17, 15) is 4.79 Å². The molecule has 2 aromatic carbocycles.